The van der Waals surface area contributed by atoms with Crippen molar-refractivity contribution in [1.29, 1.82) is 0 Å². The van der Waals surface area contributed by atoms with Gasteiger partial charge >= 0.3 is 0 Å². The lowest BCUT2D eigenvalue weighted by molar-refractivity contribution is 0.566. The van der Waals surface area contributed by atoms with Gasteiger partial charge in [-0.2, -0.15) is 0 Å². The fraction of sp³-hybridized carbons (Fsp3) is 0.400. The van der Waals surface area contributed by atoms with E-state index >= 15 is 0 Å². The van der Waals surface area contributed by atoms with Crippen LogP contribution in [0.15, 0.2) is 35.8 Å². The van der Waals surface area contributed by atoms with Crippen LogP contribution in [0, 0.1) is 0 Å². The third-order valence-electron chi connectivity index (χ3n) is 3.88. The highest BCUT2D eigenvalue weighted by atomic mass is 35.5. The molecule has 0 spiro atoms. The summed E-state index contributed by atoms with van der Waals surface area (Å²) in [5, 5.41) is 3.37. The fourth-order valence-corrected chi connectivity index (χ4v) is 4.98. The number of hydrogen-bond donors (Lipinski definition) is 1. The zero-order chi connectivity index (χ0) is 16.3. The molecule has 1 aromatic carbocycles. The molecule has 1 unspecified atom stereocenters. The predicted octanol–water partition coefficient (Wildman–Crippen LogP) is 2.88. The van der Waals surface area contributed by atoms with E-state index < -0.39 is 10.0 Å². The van der Waals surface area contributed by atoms with Gasteiger partial charge in [-0.05, 0) is 24.5 Å². The Morgan fingerprint density at radius 1 is 1.39 bits per heavy atom. The van der Waals surface area contributed by atoms with E-state index in [1.165, 1.54) is 0 Å². The highest BCUT2D eigenvalue weighted by molar-refractivity contribution is 7.88. The summed E-state index contributed by atoms with van der Waals surface area (Å²) in [5.41, 5.74) is 0.616. The number of rotatable bonds is 6. The lowest BCUT2D eigenvalue weighted by atomic mass is 10.2. The quantitative estimate of drug-likeness (QED) is 0.848. The van der Waals surface area contributed by atoms with E-state index in [4.69, 9.17) is 11.6 Å². The molecule has 0 aliphatic carbocycles. The normalized spacial score (nSPS) is 18.5. The van der Waals surface area contributed by atoms with Crippen LogP contribution in [0.25, 0.3) is 0 Å². The molecule has 0 saturated carbocycles. The summed E-state index contributed by atoms with van der Waals surface area (Å²) in [5.74, 6) is -0.101. The number of aromatic nitrogens is 1. The Balaban J connectivity index is 1.62. The molecule has 1 aliphatic heterocycles. The van der Waals surface area contributed by atoms with Gasteiger partial charge in [-0.1, -0.05) is 29.8 Å². The van der Waals surface area contributed by atoms with E-state index in [2.05, 4.69) is 14.6 Å². The maximum Gasteiger partial charge on any atom is 0.215 e. The first kappa shape index (κ1) is 16.7. The van der Waals surface area contributed by atoms with Crippen molar-refractivity contribution in [3.05, 3.63) is 46.4 Å². The predicted molar refractivity (Wildman–Crippen MR) is 94.6 cm³/mol. The third-order valence-corrected chi connectivity index (χ3v) is 6.36. The van der Waals surface area contributed by atoms with Crippen LogP contribution in [-0.4, -0.2) is 32.5 Å². The zero-order valence-corrected chi connectivity index (χ0v) is 14.9. The van der Waals surface area contributed by atoms with Crippen LogP contribution < -0.4 is 9.62 Å². The lowest BCUT2D eigenvalue weighted by Gasteiger charge is -2.24. The molecule has 5 nitrogen and oxygen atoms in total. The first-order chi connectivity index (χ1) is 11.1. The van der Waals surface area contributed by atoms with Crippen molar-refractivity contribution < 1.29 is 8.42 Å². The molecule has 3 rings (SSSR count). The van der Waals surface area contributed by atoms with Crippen LogP contribution in [0.2, 0.25) is 5.02 Å². The highest BCUT2D eigenvalue weighted by Gasteiger charge is 2.27. The molecule has 2 aromatic rings. The molecule has 23 heavy (non-hydrogen) atoms. The van der Waals surface area contributed by atoms with Gasteiger partial charge in [-0.25, -0.2) is 18.1 Å². The first-order valence-corrected chi connectivity index (χ1v) is 10.3. The van der Waals surface area contributed by atoms with Gasteiger partial charge < -0.3 is 4.90 Å². The van der Waals surface area contributed by atoms with Gasteiger partial charge in [0.05, 0.1) is 5.75 Å². The van der Waals surface area contributed by atoms with Crippen LogP contribution >= 0.6 is 22.9 Å². The lowest BCUT2D eigenvalue weighted by Crippen LogP contribution is -2.40. The molecule has 1 aromatic heterocycles. The van der Waals surface area contributed by atoms with Gasteiger partial charge in [0.25, 0.3) is 0 Å². The van der Waals surface area contributed by atoms with E-state index in [1.54, 1.807) is 41.8 Å². The number of hydrogen-bond acceptors (Lipinski definition) is 5. The van der Waals surface area contributed by atoms with Crippen molar-refractivity contribution in [2.45, 2.75) is 24.6 Å². The Morgan fingerprint density at radius 3 is 2.96 bits per heavy atom. The summed E-state index contributed by atoms with van der Waals surface area (Å²) in [4.78, 5) is 6.51. The second-order valence-corrected chi connectivity index (χ2v) is 8.59. The van der Waals surface area contributed by atoms with Gasteiger partial charge in [0.1, 0.15) is 0 Å². The van der Waals surface area contributed by atoms with Gasteiger partial charge in [0.15, 0.2) is 5.13 Å². The van der Waals surface area contributed by atoms with Crippen molar-refractivity contribution in [3.63, 3.8) is 0 Å². The molecule has 1 saturated heterocycles. The van der Waals surface area contributed by atoms with Crippen LogP contribution in [0.3, 0.4) is 0 Å². The average Bonchev–Trinajstić information content (AvgIpc) is 3.18. The second kappa shape index (κ2) is 7.17. The van der Waals surface area contributed by atoms with Crippen LogP contribution in [0.5, 0.6) is 0 Å². The second-order valence-electron chi connectivity index (χ2n) is 5.50. The third kappa shape index (κ3) is 4.23. The van der Waals surface area contributed by atoms with Gasteiger partial charge in [0.2, 0.25) is 10.0 Å². The Labute approximate surface area is 145 Å². The monoisotopic (exact) mass is 371 g/mol. The minimum Gasteiger partial charge on any atom is -0.344 e. The molecule has 0 amide bonds. The Hall–Kier alpha value is -1.15. The number of halogens is 1. The Kier molecular flexibility index (Phi) is 5.21. The minimum atomic E-state index is -3.41. The summed E-state index contributed by atoms with van der Waals surface area (Å²) in [6, 6.07) is 7.17. The number of sulfonamides is 1. The summed E-state index contributed by atoms with van der Waals surface area (Å²) in [6.45, 7) is 1.32. The summed E-state index contributed by atoms with van der Waals surface area (Å²) >= 11 is 7.62. The SMILES string of the molecule is O=S(=O)(Cc1ccccc1Cl)NCC1CCCN1c1nccs1. The number of anilines is 1. The summed E-state index contributed by atoms with van der Waals surface area (Å²) < 4.78 is 27.3. The molecule has 124 valence electrons. The minimum absolute atomic E-state index is 0.101. The van der Waals surface area contributed by atoms with Gasteiger partial charge in [-0.3, -0.25) is 0 Å². The van der Waals surface area contributed by atoms with E-state index in [-0.39, 0.29) is 11.8 Å². The standard InChI is InChI=1S/C15H18ClN3O2S2/c16-14-6-2-1-4-12(14)11-23(20,21)18-10-13-5-3-8-19(13)15-17-7-9-22-15/h1-2,4,6-7,9,13,18H,3,5,8,10-11H2. The largest absolute Gasteiger partial charge is 0.344 e. The van der Waals surface area contributed by atoms with Crippen molar-refractivity contribution in [2.24, 2.45) is 0 Å². The van der Waals surface area contributed by atoms with Crippen molar-refractivity contribution >= 4 is 38.1 Å². The van der Waals surface area contributed by atoms with E-state index in [0.29, 0.717) is 17.1 Å². The van der Waals surface area contributed by atoms with E-state index in [1.807, 2.05) is 5.38 Å². The highest BCUT2D eigenvalue weighted by Crippen LogP contribution is 2.27. The fourth-order valence-electron chi connectivity index (χ4n) is 2.75. The van der Waals surface area contributed by atoms with Gasteiger partial charge in [-0.15, -0.1) is 11.3 Å². The molecule has 1 fully saturated rings. The molecule has 1 atom stereocenters. The Morgan fingerprint density at radius 2 is 2.22 bits per heavy atom. The molecule has 8 heteroatoms. The molecule has 1 N–H and O–H groups in total. The molecule has 2 heterocycles. The molecular formula is C15H18ClN3O2S2. The maximum absolute atomic E-state index is 12.3. The van der Waals surface area contributed by atoms with Crippen molar-refractivity contribution in [1.82, 2.24) is 9.71 Å². The van der Waals surface area contributed by atoms with Crippen LogP contribution in [0.4, 0.5) is 5.13 Å². The number of nitrogens with one attached hydrogen (secondary N) is 1. The maximum atomic E-state index is 12.3. The molecular weight excluding hydrogens is 354 g/mol. The molecule has 0 bridgehead atoms. The zero-order valence-electron chi connectivity index (χ0n) is 12.5. The number of nitrogens with zero attached hydrogens (tertiary/aromatic N) is 2. The molecule has 1 aliphatic rings. The topological polar surface area (TPSA) is 62.3 Å². The van der Waals surface area contributed by atoms with E-state index in [9.17, 15) is 8.42 Å². The van der Waals surface area contributed by atoms with Crippen molar-refractivity contribution in [2.75, 3.05) is 18.0 Å². The number of thiazole rings is 1. The summed E-state index contributed by atoms with van der Waals surface area (Å²) in [7, 11) is -3.41. The average molecular weight is 372 g/mol. The van der Waals surface area contributed by atoms with Gasteiger partial charge in [0, 0.05) is 35.7 Å². The Bertz CT molecular complexity index is 750. The first-order valence-electron chi connectivity index (χ1n) is 7.42. The van der Waals surface area contributed by atoms with Crippen LogP contribution in [-0.2, 0) is 15.8 Å². The van der Waals surface area contributed by atoms with E-state index in [0.717, 1.165) is 24.5 Å². The van der Waals surface area contributed by atoms with Crippen molar-refractivity contribution in [3.8, 4) is 0 Å². The smallest absolute Gasteiger partial charge is 0.215 e. The number of benzene rings is 1. The van der Waals surface area contributed by atoms with Crippen LogP contribution in [0.1, 0.15) is 18.4 Å². The summed E-state index contributed by atoms with van der Waals surface area (Å²) in [6.07, 6.45) is 3.79. The molecule has 0 radical (unpaired) electrons.